The van der Waals surface area contributed by atoms with Crippen LogP contribution in [-0.4, -0.2) is 0 Å². The Labute approximate surface area is 189 Å². The van der Waals surface area contributed by atoms with E-state index in [2.05, 4.69) is 114 Å². The van der Waals surface area contributed by atoms with Crippen molar-refractivity contribution in [1.29, 1.82) is 0 Å². The van der Waals surface area contributed by atoms with E-state index >= 15 is 0 Å². The second kappa shape index (κ2) is 8.83. The smallest absolute Gasteiger partial charge is 0.0462 e. The zero-order chi connectivity index (χ0) is 21.8. The van der Waals surface area contributed by atoms with Gasteiger partial charge in [-0.05, 0) is 70.8 Å². The molecule has 32 heavy (non-hydrogen) atoms. The van der Waals surface area contributed by atoms with Crippen LogP contribution in [0.4, 0.5) is 22.7 Å². The highest BCUT2D eigenvalue weighted by Crippen LogP contribution is 2.38. The molecule has 0 saturated heterocycles. The van der Waals surface area contributed by atoms with Gasteiger partial charge in [-0.15, -0.1) is 0 Å². The molecule has 0 aliphatic carbocycles. The van der Waals surface area contributed by atoms with Crippen LogP contribution >= 0.6 is 0 Å². The van der Waals surface area contributed by atoms with Crippen molar-refractivity contribution in [3.63, 3.8) is 0 Å². The van der Waals surface area contributed by atoms with Crippen molar-refractivity contribution in [3.8, 4) is 22.3 Å². The van der Waals surface area contributed by atoms with Gasteiger partial charge >= 0.3 is 0 Å². The van der Waals surface area contributed by atoms with Gasteiger partial charge in [0.05, 0.1) is 0 Å². The highest BCUT2D eigenvalue weighted by atomic mass is 15.1. The van der Waals surface area contributed by atoms with Gasteiger partial charge in [-0.2, -0.15) is 0 Å². The van der Waals surface area contributed by atoms with Crippen LogP contribution in [-0.2, 0) is 0 Å². The molecule has 5 rings (SSSR count). The number of nitrogen functional groups attached to an aromatic ring is 1. The Balaban J connectivity index is 1.58. The topological polar surface area (TPSA) is 29.3 Å². The van der Waals surface area contributed by atoms with E-state index in [1.807, 2.05) is 24.3 Å². The minimum absolute atomic E-state index is 0.763. The van der Waals surface area contributed by atoms with Gasteiger partial charge in [-0.25, -0.2) is 0 Å². The van der Waals surface area contributed by atoms with Crippen molar-refractivity contribution in [2.45, 2.75) is 0 Å². The normalized spacial score (nSPS) is 10.6. The first kappa shape index (κ1) is 19.7. The maximum Gasteiger partial charge on any atom is 0.0462 e. The Kier molecular flexibility index (Phi) is 5.42. The molecule has 0 saturated carbocycles. The quantitative estimate of drug-likeness (QED) is 0.296. The summed E-state index contributed by atoms with van der Waals surface area (Å²) in [4.78, 5) is 2.27. The summed E-state index contributed by atoms with van der Waals surface area (Å²) in [5.74, 6) is 0. The molecule has 2 heteroatoms. The molecule has 154 valence electrons. The van der Waals surface area contributed by atoms with Crippen LogP contribution in [0.5, 0.6) is 0 Å². The van der Waals surface area contributed by atoms with Crippen molar-refractivity contribution in [2.24, 2.45) is 0 Å². The third kappa shape index (κ3) is 3.99. The molecular formula is C30H24N2. The van der Waals surface area contributed by atoms with Crippen molar-refractivity contribution < 1.29 is 0 Å². The molecule has 0 fully saturated rings. The molecule has 0 spiro atoms. The zero-order valence-electron chi connectivity index (χ0n) is 17.7. The van der Waals surface area contributed by atoms with Crippen LogP contribution < -0.4 is 10.6 Å². The summed E-state index contributed by atoms with van der Waals surface area (Å²) < 4.78 is 0. The van der Waals surface area contributed by atoms with Crippen LogP contribution in [0.1, 0.15) is 0 Å². The molecule has 0 bridgehead atoms. The fourth-order valence-corrected chi connectivity index (χ4v) is 4.06. The molecule has 0 unspecified atom stereocenters. The van der Waals surface area contributed by atoms with E-state index in [9.17, 15) is 0 Å². The number of rotatable bonds is 5. The summed E-state index contributed by atoms with van der Waals surface area (Å²) in [6.45, 7) is 0. The van der Waals surface area contributed by atoms with Crippen molar-refractivity contribution in [2.75, 3.05) is 10.6 Å². The average molecular weight is 413 g/mol. The Morgan fingerprint density at radius 1 is 0.406 bits per heavy atom. The molecule has 5 aromatic rings. The van der Waals surface area contributed by atoms with E-state index in [0.29, 0.717) is 0 Å². The van der Waals surface area contributed by atoms with Crippen molar-refractivity contribution >= 4 is 22.7 Å². The maximum absolute atomic E-state index is 6.16. The molecule has 0 radical (unpaired) electrons. The van der Waals surface area contributed by atoms with Crippen LogP contribution in [0.2, 0.25) is 0 Å². The van der Waals surface area contributed by atoms with Crippen molar-refractivity contribution in [3.05, 3.63) is 133 Å². The Hall–Kier alpha value is -4.30. The first-order valence-electron chi connectivity index (χ1n) is 10.8. The molecule has 0 heterocycles. The highest BCUT2D eigenvalue weighted by Gasteiger charge is 2.13. The second-order valence-corrected chi connectivity index (χ2v) is 7.72. The molecule has 0 aliphatic rings. The van der Waals surface area contributed by atoms with Gasteiger partial charge in [0.25, 0.3) is 0 Å². The number of benzene rings is 5. The maximum atomic E-state index is 6.16. The van der Waals surface area contributed by atoms with Gasteiger partial charge < -0.3 is 10.6 Å². The van der Waals surface area contributed by atoms with Crippen LogP contribution in [0.15, 0.2) is 133 Å². The lowest BCUT2D eigenvalue weighted by Gasteiger charge is -2.25. The number of anilines is 4. The largest absolute Gasteiger partial charge is 0.399 e. The molecule has 0 atom stereocenters. The molecule has 2 N–H and O–H groups in total. The first-order valence-corrected chi connectivity index (χ1v) is 10.8. The number of para-hydroxylation sites is 2. The Bertz CT molecular complexity index is 1260. The predicted octanol–water partition coefficient (Wildman–Crippen LogP) is 8.07. The summed E-state index contributed by atoms with van der Waals surface area (Å²) in [5, 5.41) is 0. The number of hydrogen-bond donors (Lipinski definition) is 1. The average Bonchev–Trinajstić information content (AvgIpc) is 2.86. The number of hydrogen-bond acceptors (Lipinski definition) is 2. The van der Waals surface area contributed by atoms with Gasteiger partial charge in [-0.3, -0.25) is 0 Å². The molecule has 2 nitrogen and oxygen atoms in total. The third-order valence-corrected chi connectivity index (χ3v) is 5.59. The fourth-order valence-electron chi connectivity index (χ4n) is 4.06. The minimum Gasteiger partial charge on any atom is -0.399 e. The number of nitrogens with zero attached hydrogens (tertiary/aromatic N) is 1. The third-order valence-electron chi connectivity index (χ3n) is 5.59. The molecular weight excluding hydrogens is 388 g/mol. The number of nitrogens with two attached hydrogens (primary N) is 1. The van der Waals surface area contributed by atoms with Gasteiger partial charge in [0.2, 0.25) is 0 Å². The van der Waals surface area contributed by atoms with Gasteiger partial charge in [0.1, 0.15) is 0 Å². The Morgan fingerprint density at radius 2 is 0.875 bits per heavy atom. The highest BCUT2D eigenvalue weighted by molar-refractivity contribution is 5.87. The minimum atomic E-state index is 0.763. The second-order valence-electron chi connectivity index (χ2n) is 7.72. The standard InChI is InChI=1S/C30H24N2/c31-25-18-21-29(23-10-4-1-5-11-23)30(22-25)24-16-19-28(20-17-24)32(26-12-6-2-7-13-26)27-14-8-3-9-15-27/h1-22H,31H2. The summed E-state index contributed by atoms with van der Waals surface area (Å²) >= 11 is 0. The fraction of sp³-hybridized carbons (Fsp3) is 0. The van der Waals surface area contributed by atoms with E-state index in [0.717, 1.165) is 33.9 Å². The van der Waals surface area contributed by atoms with Gasteiger partial charge in [0.15, 0.2) is 0 Å². The summed E-state index contributed by atoms with van der Waals surface area (Å²) in [7, 11) is 0. The monoisotopic (exact) mass is 412 g/mol. The SMILES string of the molecule is Nc1ccc(-c2ccccc2)c(-c2ccc(N(c3ccccc3)c3ccccc3)cc2)c1. The lowest BCUT2D eigenvalue weighted by Crippen LogP contribution is -2.09. The van der Waals surface area contributed by atoms with Gasteiger partial charge in [0, 0.05) is 22.7 Å². The zero-order valence-corrected chi connectivity index (χ0v) is 17.7. The van der Waals surface area contributed by atoms with Crippen molar-refractivity contribution in [1.82, 2.24) is 0 Å². The molecule has 0 aromatic heterocycles. The Morgan fingerprint density at radius 3 is 1.44 bits per heavy atom. The predicted molar refractivity (Wildman–Crippen MR) is 136 cm³/mol. The summed E-state index contributed by atoms with van der Waals surface area (Å²) in [6, 6.07) is 46.2. The van der Waals surface area contributed by atoms with E-state index in [-0.39, 0.29) is 0 Å². The van der Waals surface area contributed by atoms with Crippen LogP contribution in [0.3, 0.4) is 0 Å². The van der Waals surface area contributed by atoms with E-state index in [1.165, 1.54) is 11.1 Å². The summed E-state index contributed by atoms with van der Waals surface area (Å²) in [5.41, 5.74) is 14.9. The van der Waals surface area contributed by atoms with Crippen LogP contribution in [0.25, 0.3) is 22.3 Å². The summed E-state index contributed by atoms with van der Waals surface area (Å²) in [6.07, 6.45) is 0. The molecule has 0 aliphatic heterocycles. The van der Waals surface area contributed by atoms with Gasteiger partial charge in [-0.1, -0.05) is 84.9 Å². The lowest BCUT2D eigenvalue weighted by atomic mass is 9.94. The van der Waals surface area contributed by atoms with E-state index < -0.39 is 0 Å². The lowest BCUT2D eigenvalue weighted by molar-refractivity contribution is 1.28. The van der Waals surface area contributed by atoms with E-state index in [1.54, 1.807) is 0 Å². The van der Waals surface area contributed by atoms with E-state index in [4.69, 9.17) is 5.73 Å². The molecule has 0 amide bonds. The molecule has 5 aromatic carbocycles. The first-order chi connectivity index (χ1) is 15.8. The van der Waals surface area contributed by atoms with Crippen LogP contribution in [0, 0.1) is 0 Å².